The van der Waals surface area contributed by atoms with E-state index in [4.69, 9.17) is 13.0 Å². The summed E-state index contributed by atoms with van der Waals surface area (Å²) in [6, 6.07) is 0. The van der Waals surface area contributed by atoms with Gasteiger partial charge in [-0.15, -0.1) is 0 Å². The van der Waals surface area contributed by atoms with E-state index in [-0.39, 0.29) is 0 Å². The Morgan fingerprint density at radius 1 is 0.826 bits per heavy atom. The van der Waals surface area contributed by atoms with Gasteiger partial charge in [0, 0.05) is 0 Å². The zero-order valence-electron chi connectivity index (χ0n) is 13.9. The number of halogens is 3. The van der Waals surface area contributed by atoms with Crippen LogP contribution in [0.1, 0.15) is 78.1 Å². The summed E-state index contributed by atoms with van der Waals surface area (Å²) >= 11 is 0. The normalized spacial score (nSPS) is 24.4. The maximum atomic E-state index is 10.7. The molecule has 0 heterocycles. The summed E-state index contributed by atoms with van der Waals surface area (Å²) in [7, 11) is -5.41. The fourth-order valence-corrected chi connectivity index (χ4v) is 6.93. The third-order valence-electron chi connectivity index (χ3n) is 4.97. The fraction of sp³-hybridized carbons (Fsp3) is 1.00. The molecule has 8 heteroatoms. The molecular formula is C15H28F3O3PS. The summed E-state index contributed by atoms with van der Waals surface area (Å²) in [5, 5.41) is 1.56. The van der Waals surface area contributed by atoms with Crippen LogP contribution in [0.3, 0.4) is 0 Å². The summed E-state index contributed by atoms with van der Waals surface area (Å²) in [6.07, 6.45) is 15.2. The maximum absolute atomic E-state index is 10.7. The van der Waals surface area contributed by atoms with Gasteiger partial charge in [0.2, 0.25) is 0 Å². The Morgan fingerprint density at radius 2 is 1.09 bits per heavy atom. The van der Waals surface area contributed by atoms with Crippen LogP contribution in [-0.4, -0.2) is 28.8 Å². The van der Waals surface area contributed by atoms with Gasteiger partial charge in [0.25, 0.3) is 0 Å². The Bertz CT molecular complexity index is 443. The van der Waals surface area contributed by atoms with Crippen LogP contribution in [0.15, 0.2) is 0 Å². The largest absolute Gasteiger partial charge is 0.741 e. The van der Waals surface area contributed by atoms with Gasteiger partial charge in [0.15, 0.2) is 10.1 Å². The van der Waals surface area contributed by atoms with Crippen molar-refractivity contribution in [2.75, 3.05) is 0 Å². The van der Waals surface area contributed by atoms with Crippen molar-refractivity contribution in [2.24, 2.45) is 0 Å². The molecule has 0 aliphatic heterocycles. The SMILES string of the molecule is CC1([PH2+]C2(C)CCCCC2)CCCCC1.O=S(=O)([O-])C(F)(F)F. The third-order valence-corrected chi connectivity index (χ3v) is 8.09. The Kier molecular flexibility index (Phi) is 7.37. The first-order valence-corrected chi connectivity index (χ1v) is 10.8. The number of alkyl halides is 3. The molecule has 2 rings (SSSR count). The molecule has 0 amide bonds. The monoisotopic (exact) mass is 376 g/mol. The molecule has 0 bridgehead atoms. The van der Waals surface area contributed by atoms with Crippen molar-refractivity contribution in [1.29, 1.82) is 0 Å². The van der Waals surface area contributed by atoms with Gasteiger partial charge in [-0.3, -0.25) is 0 Å². The molecule has 0 radical (unpaired) electrons. The smallest absolute Gasteiger partial charge is 0.485 e. The Hall–Kier alpha value is 0.130. The van der Waals surface area contributed by atoms with Crippen molar-refractivity contribution in [2.45, 2.75) is 93.9 Å². The number of hydrogen-bond acceptors (Lipinski definition) is 3. The third kappa shape index (κ3) is 7.27. The predicted octanol–water partition coefficient (Wildman–Crippen LogP) is 4.89. The van der Waals surface area contributed by atoms with Crippen LogP contribution in [0.2, 0.25) is 0 Å². The van der Waals surface area contributed by atoms with Gasteiger partial charge in [-0.05, 0) is 73.8 Å². The molecule has 0 spiro atoms. The van der Waals surface area contributed by atoms with E-state index in [0.717, 1.165) is 10.3 Å². The van der Waals surface area contributed by atoms with Gasteiger partial charge in [0.05, 0.1) is 10.3 Å². The summed E-state index contributed by atoms with van der Waals surface area (Å²) in [5.74, 6) is 0. The van der Waals surface area contributed by atoms with Gasteiger partial charge in [-0.2, -0.15) is 13.2 Å². The van der Waals surface area contributed by atoms with Crippen LogP contribution in [0.4, 0.5) is 13.2 Å². The minimum absolute atomic E-state index is 0.682. The van der Waals surface area contributed by atoms with Crippen LogP contribution in [-0.2, 0) is 10.1 Å². The van der Waals surface area contributed by atoms with Crippen molar-refractivity contribution in [3.63, 3.8) is 0 Å². The van der Waals surface area contributed by atoms with Crippen LogP contribution < -0.4 is 0 Å². The Balaban J connectivity index is 0.000000284. The number of hydrogen-bond donors (Lipinski definition) is 0. The quantitative estimate of drug-likeness (QED) is 0.391. The van der Waals surface area contributed by atoms with Crippen molar-refractivity contribution < 1.29 is 26.1 Å². The molecule has 3 nitrogen and oxygen atoms in total. The lowest BCUT2D eigenvalue weighted by Crippen LogP contribution is -2.32. The van der Waals surface area contributed by atoms with Crippen molar-refractivity contribution in [3.05, 3.63) is 0 Å². The molecule has 0 unspecified atom stereocenters. The molecular weight excluding hydrogens is 348 g/mol. The summed E-state index contributed by atoms with van der Waals surface area (Å²) in [6.45, 7) is 5.20. The standard InChI is InChI=1S/C14H27P.CHF3O3S/c1-13(9-5-3-6-10-13)15-14(2)11-7-4-8-12-14;2-1(3,4)8(5,6)7/h15H,3-12H2,1-2H3;(H,5,6,7). The van der Waals surface area contributed by atoms with E-state index in [2.05, 4.69) is 13.8 Å². The van der Waals surface area contributed by atoms with Crippen LogP contribution in [0.25, 0.3) is 0 Å². The summed E-state index contributed by atoms with van der Waals surface area (Å²) < 4.78 is 58.9. The van der Waals surface area contributed by atoms with E-state index in [9.17, 15) is 13.2 Å². The van der Waals surface area contributed by atoms with Crippen LogP contribution in [0.5, 0.6) is 0 Å². The predicted molar refractivity (Wildman–Crippen MR) is 88.4 cm³/mol. The highest BCUT2D eigenvalue weighted by Crippen LogP contribution is 2.55. The lowest BCUT2D eigenvalue weighted by molar-refractivity contribution is -0.0517. The van der Waals surface area contributed by atoms with Crippen LogP contribution >= 0.6 is 8.58 Å². The first-order valence-electron chi connectivity index (χ1n) is 8.26. The molecule has 23 heavy (non-hydrogen) atoms. The second kappa shape index (κ2) is 8.01. The Labute approximate surface area is 139 Å². The second-order valence-electron chi connectivity index (χ2n) is 7.47. The van der Waals surface area contributed by atoms with E-state index < -0.39 is 15.6 Å². The topological polar surface area (TPSA) is 57.2 Å². The molecule has 2 aliphatic rings. The highest BCUT2D eigenvalue weighted by atomic mass is 32.2. The molecule has 0 aromatic heterocycles. The van der Waals surface area contributed by atoms with E-state index in [1.54, 1.807) is 0 Å². The molecule has 0 saturated heterocycles. The fourth-order valence-electron chi connectivity index (χ4n) is 3.85. The van der Waals surface area contributed by atoms with Crippen molar-refractivity contribution in [3.8, 4) is 0 Å². The summed E-state index contributed by atoms with van der Waals surface area (Å²) in [5.41, 5.74) is -5.65. The van der Waals surface area contributed by atoms with Gasteiger partial charge in [0.1, 0.15) is 0 Å². The molecule has 0 aromatic rings. The molecule has 0 N–H and O–H groups in total. The molecule has 138 valence electrons. The molecule has 2 fully saturated rings. The Morgan fingerprint density at radius 3 is 1.30 bits per heavy atom. The molecule has 0 atom stereocenters. The highest BCUT2D eigenvalue weighted by Gasteiger charge is 2.42. The average Bonchev–Trinajstić information content (AvgIpc) is 2.37. The van der Waals surface area contributed by atoms with Crippen LogP contribution in [0, 0.1) is 0 Å². The van der Waals surface area contributed by atoms with E-state index in [1.165, 1.54) is 64.2 Å². The van der Waals surface area contributed by atoms with Gasteiger partial charge < -0.3 is 4.55 Å². The summed E-state index contributed by atoms with van der Waals surface area (Å²) in [4.78, 5) is 0. The highest BCUT2D eigenvalue weighted by molar-refractivity contribution is 7.86. The lowest BCUT2D eigenvalue weighted by atomic mass is 9.89. The van der Waals surface area contributed by atoms with E-state index >= 15 is 0 Å². The van der Waals surface area contributed by atoms with E-state index in [0.29, 0.717) is 8.58 Å². The zero-order valence-corrected chi connectivity index (χ0v) is 15.9. The minimum Gasteiger partial charge on any atom is -0.741 e. The van der Waals surface area contributed by atoms with E-state index in [1.807, 2.05) is 0 Å². The van der Waals surface area contributed by atoms with Gasteiger partial charge >= 0.3 is 5.51 Å². The zero-order chi connectivity index (χ0) is 17.8. The van der Waals surface area contributed by atoms with Crippen molar-refractivity contribution in [1.82, 2.24) is 0 Å². The lowest BCUT2D eigenvalue weighted by Gasteiger charge is -2.38. The van der Waals surface area contributed by atoms with Crippen molar-refractivity contribution >= 4 is 18.7 Å². The second-order valence-corrected chi connectivity index (χ2v) is 11.9. The molecule has 2 aliphatic carbocycles. The van der Waals surface area contributed by atoms with Gasteiger partial charge in [-0.1, -0.05) is 12.8 Å². The molecule has 0 aromatic carbocycles. The molecule has 2 saturated carbocycles. The number of rotatable bonds is 2. The van der Waals surface area contributed by atoms with Gasteiger partial charge in [-0.25, -0.2) is 8.42 Å². The first-order chi connectivity index (χ1) is 10.4. The minimum atomic E-state index is -6.09. The first kappa shape index (κ1) is 21.2. The maximum Gasteiger partial charge on any atom is 0.485 e. The average molecular weight is 376 g/mol.